The van der Waals surface area contributed by atoms with Crippen LogP contribution < -0.4 is 5.32 Å². The van der Waals surface area contributed by atoms with Crippen molar-refractivity contribution in [1.82, 2.24) is 4.98 Å². The van der Waals surface area contributed by atoms with Crippen molar-refractivity contribution in [2.24, 2.45) is 0 Å². The number of methoxy groups -OCH3 is 1. The van der Waals surface area contributed by atoms with Crippen LogP contribution in [0.25, 0.3) is 16.8 Å². The fraction of sp³-hybridized carbons (Fsp3) is 0.0500. The number of nitro benzene ring substituents is 1. The summed E-state index contributed by atoms with van der Waals surface area (Å²) in [6.07, 6.45) is 1.46. The maximum Gasteiger partial charge on any atom is 0.339 e. The van der Waals surface area contributed by atoms with Gasteiger partial charge in [-0.1, -0.05) is 24.3 Å². The van der Waals surface area contributed by atoms with Crippen molar-refractivity contribution in [1.29, 1.82) is 5.26 Å². The normalized spacial score (nSPS) is 10.8. The second kappa shape index (κ2) is 8.77. The van der Waals surface area contributed by atoms with E-state index in [2.05, 4.69) is 16.4 Å². The summed E-state index contributed by atoms with van der Waals surface area (Å²) in [5.74, 6) is -0.498. The SMILES string of the molecule is COC(=O)c1ccccc1NC=C(C#N)c1nc(-c2cccc([N+](=O)[O-])c2)cs1. The lowest BCUT2D eigenvalue weighted by Gasteiger charge is -2.07. The first-order valence-corrected chi connectivity index (χ1v) is 9.16. The third kappa shape index (κ3) is 4.45. The number of allylic oxidation sites excluding steroid dienone is 1. The number of ether oxygens (including phenoxy) is 1. The Kier molecular flexibility index (Phi) is 5.97. The van der Waals surface area contributed by atoms with Crippen LogP contribution in [-0.4, -0.2) is 23.0 Å². The van der Waals surface area contributed by atoms with Crippen molar-refractivity contribution >= 4 is 34.3 Å². The number of esters is 1. The number of nitro groups is 1. The number of anilines is 1. The maximum atomic E-state index is 11.8. The summed E-state index contributed by atoms with van der Waals surface area (Å²) in [4.78, 5) is 26.7. The van der Waals surface area contributed by atoms with E-state index in [1.54, 1.807) is 41.8 Å². The van der Waals surface area contributed by atoms with E-state index in [-0.39, 0.29) is 11.3 Å². The van der Waals surface area contributed by atoms with Crippen molar-refractivity contribution in [3.63, 3.8) is 0 Å². The molecular formula is C20H14N4O4S. The number of rotatable bonds is 6. The van der Waals surface area contributed by atoms with E-state index in [1.807, 2.05) is 0 Å². The van der Waals surface area contributed by atoms with Gasteiger partial charge < -0.3 is 10.1 Å². The smallest absolute Gasteiger partial charge is 0.339 e. The maximum absolute atomic E-state index is 11.8. The number of nitriles is 1. The first kappa shape index (κ1) is 19.7. The van der Waals surface area contributed by atoms with Crippen LogP contribution in [0.5, 0.6) is 0 Å². The number of non-ortho nitro benzene ring substituents is 1. The van der Waals surface area contributed by atoms with Crippen LogP contribution in [0, 0.1) is 21.4 Å². The second-order valence-corrected chi connectivity index (χ2v) is 6.55. The van der Waals surface area contributed by atoms with Gasteiger partial charge in [-0.2, -0.15) is 5.26 Å². The highest BCUT2D eigenvalue weighted by atomic mass is 32.1. The summed E-state index contributed by atoms with van der Waals surface area (Å²) in [6, 6.07) is 15.0. The third-order valence-electron chi connectivity index (χ3n) is 3.91. The Morgan fingerprint density at radius 2 is 2.10 bits per heavy atom. The van der Waals surface area contributed by atoms with Gasteiger partial charge in [0.2, 0.25) is 0 Å². The summed E-state index contributed by atoms with van der Waals surface area (Å²) in [7, 11) is 1.29. The minimum absolute atomic E-state index is 0.0332. The van der Waals surface area contributed by atoms with Gasteiger partial charge in [0.1, 0.15) is 16.6 Å². The van der Waals surface area contributed by atoms with Crippen LogP contribution in [0.4, 0.5) is 11.4 Å². The molecule has 0 aliphatic rings. The first-order chi connectivity index (χ1) is 14.0. The Morgan fingerprint density at radius 3 is 2.83 bits per heavy atom. The largest absolute Gasteiger partial charge is 0.465 e. The highest BCUT2D eigenvalue weighted by molar-refractivity contribution is 7.11. The molecule has 0 saturated carbocycles. The van der Waals surface area contributed by atoms with Crippen LogP contribution in [0.15, 0.2) is 60.1 Å². The predicted molar refractivity (Wildman–Crippen MR) is 109 cm³/mol. The molecule has 0 bridgehead atoms. The number of para-hydroxylation sites is 1. The molecule has 1 aromatic heterocycles. The Labute approximate surface area is 169 Å². The van der Waals surface area contributed by atoms with Gasteiger partial charge in [-0.3, -0.25) is 10.1 Å². The number of hydrogen-bond acceptors (Lipinski definition) is 8. The van der Waals surface area contributed by atoms with E-state index < -0.39 is 10.9 Å². The van der Waals surface area contributed by atoms with Crippen LogP contribution in [0.3, 0.4) is 0 Å². The zero-order valence-electron chi connectivity index (χ0n) is 15.2. The summed E-state index contributed by atoms with van der Waals surface area (Å²) >= 11 is 1.24. The molecule has 9 heteroatoms. The molecule has 0 amide bonds. The molecule has 144 valence electrons. The summed E-state index contributed by atoms with van der Waals surface area (Å²) in [5.41, 5.74) is 2.16. The van der Waals surface area contributed by atoms with Crippen molar-refractivity contribution in [2.45, 2.75) is 0 Å². The molecule has 8 nitrogen and oxygen atoms in total. The van der Waals surface area contributed by atoms with Crippen molar-refractivity contribution in [3.05, 3.63) is 80.8 Å². The number of benzene rings is 2. The van der Waals surface area contributed by atoms with E-state index in [1.165, 1.54) is 36.8 Å². The third-order valence-corrected chi connectivity index (χ3v) is 4.79. The number of carbonyl (C=O) groups is 1. The molecule has 0 radical (unpaired) electrons. The van der Waals surface area contributed by atoms with Crippen molar-refractivity contribution in [3.8, 4) is 17.3 Å². The van der Waals surface area contributed by atoms with Gasteiger partial charge in [-0.15, -0.1) is 11.3 Å². The number of nitrogens with zero attached hydrogens (tertiary/aromatic N) is 3. The molecule has 3 aromatic rings. The molecule has 3 rings (SSSR count). The molecule has 0 spiro atoms. The Morgan fingerprint density at radius 1 is 1.31 bits per heavy atom. The van der Waals surface area contributed by atoms with Crippen LogP contribution >= 0.6 is 11.3 Å². The van der Waals surface area contributed by atoms with E-state index in [4.69, 9.17) is 4.74 Å². The topological polar surface area (TPSA) is 118 Å². The summed E-state index contributed by atoms with van der Waals surface area (Å²) in [6.45, 7) is 0. The lowest BCUT2D eigenvalue weighted by Crippen LogP contribution is -2.05. The average molecular weight is 406 g/mol. The van der Waals surface area contributed by atoms with Gasteiger partial charge in [0.05, 0.1) is 29.0 Å². The molecule has 0 saturated heterocycles. The van der Waals surface area contributed by atoms with Crippen LogP contribution in [-0.2, 0) is 4.74 Å². The molecule has 0 aliphatic heterocycles. The highest BCUT2D eigenvalue weighted by Gasteiger charge is 2.13. The van der Waals surface area contributed by atoms with Gasteiger partial charge in [0.25, 0.3) is 5.69 Å². The van der Waals surface area contributed by atoms with E-state index >= 15 is 0 Å². The molecule has 0 fully saturated rings. The number of nitrogens with one attached hydrogen (secondary N) is 1. The Bertz CT molecular complexity index is 1150. The standard InChI is InChI=1S/C20H14N4O4S/c1-28-20(25)16-7-2-3-8-17(16)22-11-14(10-21)19-23-18(12-29-19)13-5-4-6-15(9-13)24(26)27/h2-9,11-12,22H,1H3. The zero-order chi connectivity index (χ0) is 20.8. The molecular weight excluding hydrogens is 392 g/mol. The molecule has 1 heterocycles. The molecule has 0 aliphatic carbocycles. The summed E-state index contributed by atoms with van der Waals surface area (Å²) in [5, 5.41) is 25.6. The molecule has 1 N–H and O–H groups in total. The Balaban J connectivity index is 1.87. The monoisotopic (exact) mass is 406 g/mol. The first-order valence-electron chi connectivity index (χ1n) is 8.28. The predicted octanol–water partition coefficient (Wildman–Crippen LogP) is 4.48. The molecule has 0 atom stereocenters. The number of thiazole rings is 1. The summed E-state index contributed by atoms with van der Waals surface area (Å²) < 4.78 is 4.75. The van der Waals surface area contributed by atoms with Crippen molar-refractivity contribution < 1.29 is 14.5 Å². The second-order valence-electron chi connectivity index (χ2n) is 5.70. The van der Waals surface area contributed by atoms with Gasteiger partial charge in [-0.25, -0.2) is 9.78 Å². The lowest BCUT2D eigenvalue weighted by atomic mass is 10.1. The highest BCUT2D eigenvalue weighted by Crippen LogP contribution is 2.28. The van der Waals surface area contributed by atoms with E-state index in [0.717, 1.165) is 0 Å². The number of hydrogen-bond donors (Lipinski definition) is 1. The molecule has 29 heavy (non-hydrogen) atoms. The van der Waals surface area contributed by atoms with Gasteiger partial charge in [-0.05, 0) is 12.1 Å². The van der Waals surface area contributed by atoms with Gasteiger partial charge in [0.15, 0.2) is 0 Å². The van der Waals surface area contributed by atoms with Crippen LogP contribution in [0.2, 0.25) is 0 Å². The lowest BCUT2D eigenvalue weighted by molar-refractivity contribution is -0.384. The molecule has 2 aromatic carbocycles. The molecule has 0 unspecified atom stereocenters. The van der Waals surface area contributed by atoms with Gasteiger partial charge in [0, 0.05) is 29.3 Å². The van der Waals surface area contributed by atoms with Crippen LogP contribution in [0.1, 0.15) is 15.4 Å². The minimum atomic E-state index is -0.498. The quantitative estimate of drug-likeness (QED) is 0.277. The Hall–Kier alpha value is -4.03. The fourth-order valence-corrected chi connectivity index (χ4v) is 3.29. The minimum Gasteiger partial charge on any atom is -0.465 e. The number of carbonyl (C=O) groups excluding carboxylic acids is 1. The zero-order valence-corrected chi connectivity index (χ0v) is 16.0. The van der Waals surface area contributed by atoms with Gasteiger partial charge >= 0.3 is 5.97 Å². The van der Waals surface area contributed by atoms with E-state index in [0.29, 0.717) is 27.5 Å². The van der Waals surface area contributed by atoms with Crippen molar-refractivity contribution in [2.75, 3.05) is 12.4 Å². The average Bonchev–Trinajstić information content (AvgIpc) is 3.24. The van der Waals surface area contributed by atoms with E-state index in [9.17, 15) is 20.2 Å². The fourth-order valence-electron chi connectivity index (χ4n) is 2.50. The number of aromatic nitrogens is 1.